The largest absolute Gasteiger partial charge is 0.483 e. The summed E-state index contributed by atoms with van der Waals surface area (Å²) in [6, 6.07) is 16.5. The Hall–Kier alpha value is -3.88. The first-order chi connectivity index (χ1) is 20.9. The zero-order valence-electron chi connectivity index (χ0n) is 22.6. The number of halogens is 4. The lowest BCUT2D eigenvalue weighted by atomic mass is 9.82. The Bertz CT molecular complexity index is 1870. The van der Waals surface area contributed by atoms with E-state index in [1.165, 1.54) is 12.1 Å². The summed E-state index contributed by atoms with van der Waals surface area (Å²) >= 11 is 5.22. The van der Waals surface area contributed by atoms with Crippen LogP contribution in [0.3, 0.4) is 0 Å². The molecule has 0 spiro atoms. The molecule has 4 aromatic rings. The molecule has 0 saturated carbocycles. The number of aryl methyl sites for hydroxylation is 1. The van der Waals surface area contributed by atoms with E-state index in [4.69, 9.17) is 4.74 Å². The van der Waals surface area contributed by atoms with E-state index < -0.39 is 63.7 Å². The summed E-state index contributed by atoms with van der Waals surface area (Å²) in [5.74, 6) is -3.99. The Morgan fingerprint density at radius 3 is 2.57 bits per heavy atom. The van der Waals surface area contributed by atoms with Gasteiger partial charge in [-0.25, -0.2) is 4.90 Å². The minimum Gasteiger partial charge on any atom is -0.483 e. The highest BCUT2D eigenvalue weighted by Crippen LogP contribution is 2.55. The number of ether oxygens (including phenoxy) is 1. The molecule has 226 valence electrons. The molecule has 0 radical (unpaired) electrons. The summed E-state index contributed by atoms with van der Waals surface area (Å²) in [4.78, 5) is 56.3. The third-order valence-electron chi connectivity index (χ3n) is 7.24. The average molecular weight is 705 g/mol. The maximum Gasteiger partial charge on any atom is 0.418 e. The fraction of sp³-hybridized carbons (Fsp3) is 0.200. The maximum atomic E-state index is 14.0. The molecule has 2 aliphatic rings. The predicted octanol–water partition coefficient (Wildman–Crippen LogP) is 6.34. The molecule has 1 saturated heterocycles. The van der Waals surface area contributed by atoms with Crippen molar-refractivity contribution in [2.75, 3.05) is 16.8 Å². The van der Waals surface area contributed by atoms with E-state index in [2.05, 4.69) is 26.2 Å². The van der Waals surface area contributed by atoms with Gasteiger partial charge < -0.3 is 15.0 Å². The molecule has 2 unspecified atom stereocenters. The molecule has 3 atom stereocenters. The first-order valence-electron chi connectivity index (χ1n) is 13.1. The van der Waals surface area contributed by atoms with E-state index in [9.17, 15) is 32.3 Å². The molecule has 1 fully saturated rings. The number of thioether (sulfide) groups is 1. The number of hydrogen-bond donors (Lipinski definition) is 2. The summed E-state index contributed by atoms with van der Waals surface area (Å²) in [6.07, 6.45) is -4.81. The highest BCUT2D eigenvalue weighted by Gasteiger charge is 2.57. The van der Waals surface area contributed by atoms with Gasteiger partial charge in [0, 0.05) is 26.5 Å². The monoisotopic (exact) mass is 703 g/mol. The number of nitrogens with zero attached hydrogens (tertiary/aromatic N) is 1. The smallest absolute Gasteiger partial charge is 0.418 e. The average Bonchev–Trinajstić information content (AvgIpc) is 3.45. The van der Waals surface area contributed by atoms with E-state index in [0.717, 1.165) is 40.8 Å². The summed E-state index contributed by atoms with van der Waals surface area (Å²) in [5, 5.41) is 1.98. The van der Waals surface area contributed by atoms with Crippen molar-refractivity contribution in [2.45, 2.75) is 29.3 Å². The molecule has 3 aromatic carbocycles. The summed E-state index contributed by atoms with van der Waals surface area (Å²) in [6.45, 7) is 1.49. The minimum absolute atomic E-state index is 0.212. The first kappa shape index (κ1) is 30.2. The highest BCUT2D eigenvalue weighted by atomic mass is 79.9. The lowest BCUT2D eigenvalue weighted by Crippen LogP contribution is -2.33. The minimum atomic E-state index is -4.81. The Labute approximate surface area is 264 Å². The van der Waals surface area contributed by atoms with Gasteiger partial charge in [-0.1, -0.05) is 63.3 Å². The van der Waals surface area contributed by atoms with Gasteiger partial charge in [0.15, 0.2) is 6.61 Å². The number of benzene rings is 3. The number of aromatic nitrogens is 1. The second-order valence-corrected chi connectivity index (χ2v) is 13.2. The Kier molecular flexibility index (Phi) is 7.92. The molecule has 8 nitrogen and oxygen atoms in total. The molecular formula is C30H21BrF3N3O5S2. The van der Waals surface area contributed by atoms with Crippen molar-refractivity contribution in [2.24, 2.45) is 5.92 Å². The molecule has 2 aliphatic heterocycles. The number of para-hydroxylation sites is 1. The Morgan fingerprint density at radius 2 is 1.82 bits per heavy atom. The molecule has 44 heavy (non-hydrogen) atoms. The van der Waals surface area contributed by atoms with Gasteiger partial charge in [-0.3, -0.25) is 19.2 Å². The summed E-state index contributed by atoms with van der Waals surface area (Å²) < 4.78 is 48.3. The number of alkyl halides is 3. The van der Waals surface area contributed by atoms with Crippen molar-refractivity contribution in [3.63, 3.8) is 0 Å². The number of H-pyrrole nitrogens is 1. The number of nitrogens with one attached hydrogen (secondary N) is 2. The van der Waals surface area contributed by atoms with Crippen LogP contribution in [0.5, 0.6) is 5.75 Å². The Balaban J connectivity index is 1.39. The van der Waals surface area contributed by atoms with Crippen molar-refractivity contribution < 1.29 is 32.3 Å². The second-order valence-electron chi connectivity index (χ2n) is 10.2. The van der Waals surface area contributed by atoms with E-state index in [1.54, 1.807) is 36.4 Å². The van der Waals surface area contributed by atoms with Crippen LogP contribution in [0.4, 0.5) is 24.5 Å². The number of thiazole rings is 1. The van der Waals surface area contributed by atoms with Gasteiger partial charge in [0.2, 0.25) is 11.8 Å². The molecule has 14 heteroatoms. The lowest BCUT2D eigenvalue weighted by Gasteiger charge is -2.31. The third kappa shape index (κ3) is 5.57. The molecule has 0 bridgehead atoms. The molecule has 6 rings (SSSR count). The van der Waals surface area contributed by atoms with Crippen LogP contribution >= 0.6 is 39.0 Å². The van der Waals surface area contributed by atoms with Crippen LogP contribution < -0.4 is 19.8 Å². The van der Waals surface area contributed by atoms with Gasteiger partial charge in [0.1, 0.15) is 11.0 Å². The molecule has 0 aliphatic carbocycles. The van der Waals surface area contributed by atoms with Crippen molar-refractivity contribution in [3.05, 3.63) is 102 Å². The first-order valence-corrected chi connectivity index (χ1v) is 15.6. The van der Waals surface area contributed by atoms with Gasteiger partial charge in [-0.15, -0.1) is 0 Å². The van der Waals surface area contributed by atoms with Crippen molar-refractivity contribution in [3.8, 4) is 5.75 Å². The van der Waals surface area contributed by atoms with Crippen LogP contribution in [0.15, 0.2) is 81.0 Å². The van der Waals surface area contributed by atoms with Gasteiger partial charge in [0.05, 0.1) is 22.2 Å². The number of amides is 3. The predicted molar refractivity (Wildman–Crippen MR) is 163 cm³/mol. The Morgan fingerprint density at radius 1 is 1.05 bits per heavy atom. The van der Waals surface area contributed by atoms with E-state index >= 15 is 0 Å². The number of aromatic amines is 1. The summed E-state index contributed by atoms with van der Waals surface area (Å²) in [7, 11) is 0. The van der Waals surface area contributed by atoms with Gasteiger partial charge in [-0.2, -0.15) is 13.2 Å². The zero-order valence-corrected chi connectivity index (χ0v) is 25.8. The standard InChI is InChI=1S/C30H21BrF3N3O5S2/c1-14-5-4-6-16(11-14)35-21(38)13-42-20-10-9-15(31)12-17(20)22-23-25(43-26-24(22)44-29(41)36-26)28(40)37(27(23)39)19-8-3-2-7-18(19)30(32,33)34/h2-12,22-23,25H,13H2,1H3,(H,35,38)(H,36,41)/t22-,23?,25?/m1/s1. The number of imide groups is 1. The molecule has 2 N–H and O–H groups in total. The number of carbonyl (C=O) groups is 3. The number of anilines is 2. The maximum absolute atomic E-state index is 14.0. The van der Waals surface area contributed by atoms with Crippen molar-refractivity contribution >= 4 is 68.1 Å². The van der Waals surface area contributed by atoms with E-state index in [1.807, 2.05) is 13.0 Å². The van der Waals surface area contributed by atoms with Crippen molar-refractivity contribution in [1.82, 2.24) is 4.98 Å². The number of fused-ring (bicyclic) bond motifs is 2. The molecule has 1 aromatic heterocycles. The SMILES string of the molecule is Cc1cccc(NC(=O)COc2ccc(Br)cc2[C@H]2c3sc(=O)[nH]c3SC3C(=O)N(c4ccccc4C(F)(F)F)C(=O)C32)c1. The topological polar surface area (TPSA) is 109 Å². The van der Waals surface area contributed by atoms with E-state index in [0.29, 0.717) is 30.5 Å². The van der Waals surface area contributed by atoms with Crippen LogP contribution in [0, 0.1) is 12.8 Å². The summed E-state index contributed by atoms with van der Waals surface area (Å²) in [5.41, 5.74) is 0.252. The van der Waals surface area contributed by atoms with Crippen LogP contribution in [0.2, 0.25) is 0 Å². The van der Waals surface area contributed by atoms with Gasteiger partial charge in [-0.05, 0) is 55.0 Å². The van der Waals surface area contributed by atoms with Crippen LogP contribution in [0.1, 0.15) is 27.5 Å². The number of carbonyl (C=O) groups excluding carboxylic acids is 3. The molecule has 3 heterocycles. The highest BCUT2D eigenvalue weighted by molar-refractivity contribution is 9.10. The lowest BCUT2D eigenvalue weighted by molar-refractivity contribution is -0.137. The fourth-order valence-electron chi connectivity index (χ4n) is 5.45. The zero-order chi connectivity index (χ0) is 31.3. The van der Waals surface area contributed by atoms with Crippen molar-refractivity contribution in [1.29, 1.82) is 0 Å². The quantitative estimate of drug-likeness (QED) is 0.227. The number of hydrogen-bond acceptors (Lipinski definition) is 7. The van der Waals surface area contributed by atoms with Crippen LogP contribution in [-0.2, 0) is 20.6 Å². The van der Waals surface area contributed by atoms with Crippen LogP contribution in [-0.4, -0.2) is 34.6 Å². The van der Waals surface area contributed by atoms with Crippen LogP contribution in [0.25, 0.3) is 0 Å². The molecular weight excluding hydrogens is 683 g/mol. The second kappa shape index (κ2) is 11.6. The van der Waals surface area contributed by atoms with Gasteiger partial charge >= 0.3 is 11.0 Å². The van der Waals surface area contributed by atoms with Gasteiger partial charge in [0.25, 0.3) is 5.91 Å². The normalized spacial score (nSPS) is 19.5. The molecule has 3 amide bonds. The van der Waals surface area contributed by atoms with E-state index in [-0.39, 0.29) is 5.75 Å². The third-order valence-corrected chi connectivity index (χ3v) is 10.1. The fourth-order valence-corrected chi connectivity index (χ4v) is 8.34. The number of rotatable bonds is 6.